The van der Waals surface area contributed by atoms with Crippen LogP contribution in [0.25, 0.3) is 28.6 Å². The summed E-state index contributed by atoms with van der Waals surface area (Å²) in [5.41, 5.74) is 3.83. The molecule has 0 aliphatic carbocycles. The highest BCUT2D eigenvalue weighted by atomic mass is 16.3. The van der Waals surface area contributed by atoms with Gasteiger partial charge in [0.25, 0.3) is 0 Å². The zero-order chi connectivity index (χ0) is 17.8. The van der Waals surface area contributed by atoms with Gasteiger partial charge in [0.2, 0.25) is 11.8 Å². The summed E-state index contributed by atoms with van der Waals surface area (Å²) in [5, 5.41) is 2.84. The highest BCUT2D eigenvalue weighted by Crippen LogP contribution is 2.25. The van der Waals surface area contributed by atoms with Gasteiger partial charge in [-0.25, -0.2) is 4.98 Å². The minimum Gasteiger partial charge on any atom is -0.436 e. The predicted octanol–water partition coefficient (Wildman–Crippen LogP) is 4.54. The molecule has 126 valence electrons. The van der Waals surface area contributed by atoms with Gasteiger partial charge in [0.1, 0.15) is 5.52 Å². The molecule has 0 fully saturated rings. The molecule has 0 aliphatic rings. The van der Waals surface area contributed by atoms with E-state index < -0.39 is 0 Å². The van der Waals surface area contributed by atoms with E-state index in [9.17, 15) is 4.79 Å². The molecule has 5 heteroatoms. The highest BCUT2D eigenvalue weighted by Gasteiger charge is 2.09. The van der Waals surface area contributed by atoms with Crippen LogP contribution in [0.5, 0.6) is 0 Å². The number of nitrogens with zero attached hydrogens (tertiary/aromatic N) is 2. The van der Waals surface area contributed by atoms with E-state index in [1.165, 1.54) is 6.08 Å². The Morgan fingerprint density at radius 3 is 2.62 bits per heavy atom. The number of oxazole rings is 1. The van der Waals surface area contributed by atoms with Gasteiger partial charge in [0.15, 0.2) is 5.58 Å². The van der Waals surface area contributed by atoms with E-state index in [0.717, 1.165) is 11.1 Å². The normalized spacial score (nSPS) is 11.1. The van der Waals surface area contributed by atoms with Crippen molar-refractivity contribution in [2.75, 3.05) is 5.32 Å². The quantitative estimate of drug-likeness (QED) is 0.553. The van der Waals surface area contributed by atoms with Crippen LogP contribution in [0.4, 0.5) is 5.69 Å². The Morgan fingerprint density at radius 1 is 1.00 bits per heavy atom. The summed E-state index contributed by atoms with van der Waals surface area (Å²) in [6.07, 6.45) is 6.65. The van der Waals surface area contributed by atoms with Crippen molar-refractivity contribution in [1.82, 2.24) is 9.97 Å². The van der Waals surface area contributed by atoms with Gasteiger partial charge in [-0.1, -0.05) is 30.3 Å². The number of carbonyl (C=O) groups is 1. The standard InChI is InChI=1S/C21H15N3O2/c25-20(9-6-15-4-2-1-3-5-15)23-17-7-8-19-18(14-17)24-21(26-19)16-10-12-22-13-11-16/h1-14H,(H,23,25)/b9-6-. The summed E-state index contributed by atoms with van der Waals surface area (Å²) in [7, 11) is 0. The number of carbonyl (C=O) groups excluding carboxylic acids is 1. The molecule has 0 aliphatic heterocycles. The second-order valence-electron chi connectivity index (χ2n) is 5.67. The molecule has 0 spiro atoms. The van der Waals surface area contributed by atoms with Crippen molar-refractivity contribution in [3.05, 3.63) is 84.7 Å². The molecule has 0 radical (unpaired) electrons. The SMILES string of the molecule is O=C(/C=C\c1ccccc1)Nc1ccc2oc(-c3ccncc3)nc2c1. The number of aromatic nitrogens is 2. The summed E-state index contributed by atoms with van der Waals surface area (Å²) >= 11 is 0. The molecule has 1 N–H and O–H groups in total. The fourth-order valence-corrected chi connectivity index (χ4v) is 2.54. The number of rotatable bonds is 4. The Balaban J connectivity index is 1.52. The molecule has 26 heavy (non-hydrogen) atoms. The van der Waals surface area contributed by atoms with Gasteiger partial charge in [-0.2, -0.15) is 0 Å². The Kier molecular flexibility index (Phi) is 4.26. The van der Waals surface area contributed by atoms with E-state index in [1.807, 2.05) is 42.5 Å². The monoisotopic (exact) mass is 341 g/mol. The van der Waals surface area contributed by atoms with Crippen LogP contribution >= 0.6 is 0 Å². The molecule has 0 saturated heterocycles. The van der Waals surface area contributed by atoms with Crippen molar-refractivity contribution >= 4 is 28.8 Å². The molecular weight excluding hydrogens is 326 g/mol. The number of benzene rings is 2. The first-order valence-corrected chi connectivity index (χ1v) is 8.13. The van der Waals surface area contributed by atoms with Crippen LogP contribution in [0, 0.1) is 0 Å². The summed E-state index contributed by atoms with van der Waals surface area (Å²) < 4.78 is 5.75. The van der Waals surface area contributed by atoms with Crippen molar-refractivity contribution < 1.29 is 9.21 Å². The van der Waals surface area contributed by atoms with E-state index in [-0.39, 0.29) is 5.91 Å². The van der Waals surface area contributed by atoms with Crippen molar-refractivity contribution in [3.63, 3.8) is 0 Å². The Bertz CT molecular complexity index is 1070. The number of anilines is 1. The van der Waals surface area contributed by atoms with Crippen LogP contribution in [0.1, 0.15) is 5.56 Å². The third kappa shape index (κ3) is 3.52. The van der Waals surface area contributed by atoms with Crippen LogP contribution in [-0.2, 0) is 4.79 Å². The number of pyridine rings is 1. The first-order chi connectivity index (χ1) is 12.8. The molecule has 2 aromatic heterocycles. The first kappa shape index (κ1) is 15.8. The van der Waals surface area contributed by atoms with Crippen LogP contribution in [0.3, 0.4) is 0 Å². The van der Waals surface area contributed by atoms with Gasteiger partial charge >= 0.3 is 0 Å². The molecule has 0 bridgehead atoms. The van der Waals surface area contributed by atoms with Crippen molar-refractivity contribution in [2.24, 2.45) is 0 Å². The Morgan fingerprint density at radius 2 is 1.81 bits per heavy atom. The number of nitrogens with one attached hydrogen (secondary N) is 1. The summed E-state index contributed by atoms with van der Waals surface area (Å²) in [6.45, 7) is 0. The van der Waals surface area contributed by atoms with Crippen molar-refractivity contribution in [1.29, 1.82) is 0 Å². The lowest BCUT2D eigenvalue weighted by molar-refractivity contribution is -0.111. The molecule has 2 aromatic carbocycles. The van der Waals surface area contributed by atoms with Gasteiger partial charge < -0.3 is 9.73 Å². The second-order valence-corrected chi connectivity index (χ2v) is 5.67. The van der Waals surface area contributed by atoms with E-state index in [1.54, 1.807) is 36.7 Å². The maximum atomic E-state index is 12.1. The van der Waals surface area contributed by atoms with Crippen molar-refractivity contribution in [3.8, 4) is 11.5 Å². The lowest BCUT2D eigenvalue weighted by Gasteiger charge is -2.01. The Labute approximate surface area is 150 Å². The zero-order valence-electron chi connectivity index (χ0n) is 13.8. The highest BCUT2D eigenvalue weighted by molar-refractivity contribution is 6.02. The van der Waals surface area contributed by atoms with Gasteiger partial charge in [-0.05, 0) is 42.0 Å². The fourth-order valence-electron chi connectivity index (χ4n) is 2.54. The number of fused-ring (bicyclic) bond motifs is 1. The van der Waals surface area contributed by atoms with Gasteiger partial charge in [-0.3, -0.25) is 9.78 Å². The molecule has 4 aromatic rings. The molecule has 0 saturated carbocycles. The zero-order valence-corrected chi connectivity index (χ0v) is 13.8. The summed E-state index contributed by atoms with van der Waals surface area (Å²) in [4.78, 5) is 20.6. The van der Waals surface area contributed by atoms with E-state index in [2.05, 4.69) is 15.3 Å². The molecule has 1 amide bonds. The van der Waals surface area contributed by atoms with Crippen LogP contribution in [0.2, 0.25) is 0 Å². The number of hydrogen-bond acceptors (Lipinski definition) is 4. The van der Waals surface area contributed by atoms with Gasteiger partial charge in [-0.15, -0.1) is 0 Å². The smallest absolute Gasteiger partial charge is 0.248 e. The largest absolute Gasteiger partial charge is 0.436 e. The van der Waals surface area contributed by atoms with E-state index in [0.29, 0.717) is 22.7 Å². The van der Waals surface area contributed by atoms with E-state index >= 15 is 0 Å². The molecule has 0 atom stereocenters. The predicted molar refractivity (Wildman–Crippen MR) is 101 cm³/mol. The second kappa shape index (κ2) is 7.03. The fraction of sp³-hybridized carbons (Fsp3) is 0. The molecule has 5 nitrogen and oxygen atoms in total. The minimum atomic E-state index is -0.203. The average molecular weight is 341 g/mol. The molecule has 0 unspecified atom stereocenters. The lowest BCUT2D eigenvalue weighted by atomic mass is 10.2. The van der Waals surface area contributed by atoms with Crippen LogP contribution < -0.4 is 5.32 Å². The maximum Gasteiger partial charge on any atom is 0.248 e. The maximum absolute atomic E-state index is 12.1. The third-order valence-electron chi connectivity index (χ3n) is 3.81. The lowest BCUT2D eigenvalue weighted by Crippen LogP contribution is -2.07. The number of hydrogen-bond donors (Lipinski definition) is 1. The van der Waals surface area contributed by atoms with Crippen LogP contribution in [-0.4, -0.2) is 15.9 Å². The summed E-state index contributed by atoms with van der Waals surface area (Å²) in [6, 6.07) is 18.7. The minimum absolute atomic E-state index is 0.203. The van der Waals surface area contributed by atoms with Crippen molar-refractivity contribution in [2.45, 2.75) is 0 Å². The third-order valence-corrected chi connectivity index (χ3v) is 3.81. The molecule has 2 heterocycles. The van der Waals surface area contributed by atoms with Gasteiger partial charge in [0, 0.05) is 29.7 Å². The number of amides is 1. The van der Waals surface area contributed by atoms with Gasteiger partial charge in [0.05, 0.1) is 0 Å². The van der Waals surface area contributed by atoms with E-state index in [4.69, 9.17) is 4.42 Å². The molecular formula is C21H15N3O2. The molecule has 4 rings (SSSR count). The topological polar surface area (TPSA) is 68.0 Å². The first-order valence-electron chi connectivity index (χ1n) is 8.13. The summed E-state index contributed by atoms with van der Waals surface area (Å²) in [5.74, 6) is 0.320. The van der Waals surface area contributed by atoms with Crippen LogP contribution in [0.15, 0.2) is 83.6 Å². The Hall–Kier alpha value is -3.73. The average Bonchev–Trinajstić information content (AvgIpc) is 3.11.